The molecule has 0 unspecified atom stereocenters. The van der Waals surface area contributed by atoms with Crippen molar-refractivity contribution < 1.29 is 9.52 Å². The van der Waals surface area contributed by atoms with Gasteiger partial charge in [0.15, 0.2) is 5.58 Å². The number of oxazole rings is 1. The third-order valence-electron chi connectivity index (χ3n) is 3.63. The maximum atomic E-state index is 10.3. The Labute approximate surface area is 133 Å². The topological polar surface area (TPSA) is 72.3 Å². The number of aliphatic hydroxyl groups excluding tert-OH is 1. The first-order chi connectivity index (χ1) is 10.6. The first-order valence-electron chi connectivity index (χ1n) is 7.17. The molecule has 0 spiro atoms. The predicted molar refractivity (Wildman–Crippen MR) is 86.7 cm³/mol. The van der Waals surface area contributed by atoms with Gasteiger partial charge in [-0.05, 0) is 36.6 Å². The first kappa shape index (κ1) is 15.0. The van der Waals surface area contributed by atoms with Gasteiger partial charge in [0.05, 0.1) is 0 Å². The summed E-state index contributed by atoms with van der Waals surface area (Å²) in [5.74, 6) is 0.234. The number of rotatable bonds is 5. The molecule has 2 aromatic carbocycles. The average Bonchev–Trinajstić information content (AvgIpc) is 2.95. The van der Waals surface area contributed by atoms with Gasteiger partial charge in [-0.3, -0.25) is 0 Å². The van der Waals surface area contributed by atoms with Gasteiger partial charge in [0, 0.05) is 11.1 Å². The van der Waals surface area contributed by atoms with E-state index in [1.54, 1.807) is 18.2 Å². The third kappa shape index (κ3) is 3.30. The Kier molecular flexibility index (Phi) is 4.43. The Hall–Kier alpha value is -1.88. The van der Waals surface area contributed by atoms with Crippen LogP contribution in [0.3, 0.4) is 0 Å². The van der Waals surface area contributed by atoms with Gasteiger partial charge < -0.3 is 15.3 Å². The van der Waals surface area contributed by atoms with Crippen molar-refractivity contribution in [1.82, 2.24) is 4.98 Å². The van der Waals surface area contributed by atoms with Crippen LogP contribution in [0.4, 0.5) is 0 Å². The molecule has 3 N–H and O–H groups in total. The molecule has 22 heavy (non-hydrogen) atoms. The fraction of sp³-hybridized carbons (Fsp3) is 0.235. The van der Waals surface area contributed by atoms with Gasteiger partial charge in [0.2, 0.25) is 5.89 Å². The number of nitrogens with zero attached hydrogens (tertiary/aromatic N) is 1. The van der Waals surface area contributed by atoms with Crippen LogP contribution in [-0.4, -0.2) is 16.1 Å². The second-order valence-electron chi connectivity index (χ2n) is 5.30. The quantitative estimate of drug-likeness (QED) is 0.756. The molecule has 0 radical (unpaired) electrons. The highest BCUT2D eigenvalue weighted by Crippen LogP contribution is 2.25. The van der Waals surface area contributed by atoms with Crippen LogP contribution in [0.5, 0.6) is 0 Å². The summed E-state index contributed by atoms with van der Waals surface area (Å²) in [5, 5.41) is 10.9. The molecule has 0 saturated carbocycles. The zero-order valence-corrected chi connectivity index (χ0v) is 12.7. The molecule has 0 aliphatic rings. The molecule has 3 rings (SSSR count). The number of hydrogen-bond acceptors (Lipinski definition) is 4. The van der Waals surface area contributed by atoms with Gasteiger partial charge in [-0.1, -0.05) is 41.9 Å². The molecule has 2 atom stereocenters. The molecular formula is C17H17ClN2O2. The number of aryl methyl sites for hydroxylation is 1. The Bertz CT molecular complexity index is 758. The largest absolute Gasteiger partial charge is 0.438 e. The summed E-state index contributed by atoms with van der Waals surface area (Å²) < 4.78 is 5.56. The predicted octanol–water partition coefficient (Wildman–Crippen LogP) is 3.47. The van der Waals surface area contributed by atoms with E-state index in [1.807, 2.05) is 30.3 Å². The van der Waals surface area contributed by atoms with Crippen molar-refractivity contribution in [1.29, 1.82) is 0 Å². The van der Waals surface area contributed by atoms with Crippen molar-refractivity contribution >= 4 is 22.7 Å². The van der Waals surface area contributed by atoms with Crippen LogP contribution in [0.1, 0.15) is 24.0 Å². The number of fused-ring (bicyclic) bond motifs is 1. The fourth-order valence-electron chi connectivity index (χ4n) is 2.36. The lowest BCUT2D eigenvalue weighted by Crippen LogP contribution is -2.29. The van der Waals surface area contributed by atoms with Crippen molar-refractivity contribution in [3.8, 4) is 0 Å². The zero-order chi connectivity index (χ0) is 15.5. The van der Waals surface area contributed by atoms with Crippen molar-refractivity contribution in [3.63, 3.8) is 0 Å². The summed E-state index contributed by atoms with van der Waals surface area (Å²) in [6.45, 7) is 0. The van der Waals surface area contributed by atoms with Gasteiger partial charge in [-0.25, -0.2) is 4.98 Å². The van der Waals surface area contributed by atoms with E-state index >= 15 is 0 Å². The Balaban J connectivity index is 1.69. The smallest absolute Gasteiger partial charge is 0.225 e. The minimum atomic E-state index is -0.935. The van der Waals surface area contributed by atoms with Gasteiger partial charge in [0.25, 0.3) is 0 Å². The molecule has 3 aromatic rings. The minimum Gasteiger partial charge on any atom is -0.438 e. The van der Waals surface area contributed by atoms with E-state index in [0.29, 0.717) is 22.5 Å². The van der Waals surface area contributed by atoms with Gasteiger partial charge in [-0.2, -0.15) is 0 Å². The number of aromatic nitrogens is 1. The maximum absolute atomic E-state index is 10.3. The molecule has 0 saturated heterocycles. The van der Waals surface area contributed by atoms with Crippen molar-refractivity contribution in [2.75, 3.05) is 0 Å². The lowest BCUT2D eigenvalue weighted by atomic mass is 10.0. The van der Waals surface area contributed by atoms with Crippen molar-refractivity contribution in [2.45, 2.75) is 25.0 Å². The molecule has 0 fully saturated rings. The Morgan fingerprint density at radius 1 is 1.18 bits per heavy atom. The second-order valence-corrected chi connectivity index (χ2v) is 5.73. The van der Waals surface area contributed by atoms with Crippen LogP contribution in [0.2, 0.25) is 5.02 Å². The van der Waals surface area contributed by atoms with E-state index in [1.165, 1.54) is 5.56 Å². The summed E-state index contributed by atoms with van der Waals surface area (Å²) in [5.41, 5.74) is 8.48. The fourth-order valence-corrected chi connectivity index (χ4v) is 2.53. The van der Waals surface area contributed by atoms with Crippen LogP contribution >= 0.6 is 11.6 Å². The first-order valence-corrected chi connectivity index (χ1v) is 7.55. The van der Waals surface area contributed by atoms with E-state index in [9.17, 15) is 5.11 Å². The number of hydrogen-bond donors (Lipinski definition) is 2. The summed E-state index contributed by atoms with van der Waals surface area (Å²) in [6.07, 6.45) is 0.505. The number of halogens is 1. The van der Waals surface area contributed by atoms with Crippen LogP contribution < -0.4 is 5.73 Å². The molecule has 0 bridgehead atoms. The molecule has 0 amide bonds. The molecule has 1 heterocycles. The molecule has 4 nitrogen and oxygen atoms in total. The number of aliphatic hydroxyl groups is 1. The molecule has 0 aliphatic heterocycles. The Morgan fingerprint density at radius 3 is 2.73 bits per heavy atom. The molecule has 0 aliphatic carbocycles. The summed E-state index contributed by atoms with van der Waals surface area (Å²) in [6, 6.07) is 14.7. The summed E-state index contributed by atoms with van der Waals surface area (Å²) in [4.78, 5) is 4.27. The molecule has 114 valence electrons. The highest BCUT2D eigenvalue weighted by Gasteiger charge is 2.22. The standard InChI is InChI=1S/C17H17ClN2O2/c18-12-7-9-15-14(10-12)20-17(22-15)16(21)13(19)8-6-11-4-2-1-3-5-11/h1-5,7,9-10,13,16,21H,6,8,19H2/t13-,16-/m1/s1. The van der Waals surface area contributed by atoms with Crippen LogP contribution in [0, 0.1) is 0 Å². The third-order valence-corrected chi connectivity index (χ3v) is 3.87. The van der Waals surface area contributed by atoms with Gasteiger partial charge in [-0.15, -0.1) is 0 Å². The van der Waals surface area contributed by atoms with Gasteiger partial charge in [0.1, 0.15) is 11.6 Å². The lowest BCUT2D eigenvalue weighted by molar-refractivity contribution is 0.114. The summed E-state index contributed by atoms with van der Waals surface area (Å²) in [7, 11) is 0. The van der Waals surface area contributed by atoms with E-state index in [-0.39, 0.29) is 5.89 Å². The normalized spacial score (nSPS) is 14.1. The molecule has 1 aromatic heterocycles. The average molecular weight is 317 g/mol. The van der Waals surface area contributed by atoms with Crippen molar-refractivity contribution in [3.05, 3.63) is 65.0 Å². The van der Waals surface area contributed by atoms with E-state index in [0.717, 1.165) is 6.42 Å². The Morgan fingerprint density at radius 2 is 1.95 bits per heavy atom. The monoisotopic (exact) mass is 316 g/mol. The highest BCUT2D eigenvalue weighted by atomic mass is 35.5. The SMILES string of the molecule is N[C@H](CCc1ccccc1)[C@@H](O)c1nc2cc(Cl)ccc2o1. The second kappa shape index (κ2) is 6.48. The zero-order valence-electron chi connectivity index (χ0n) is 11.9. The number of nitrogens with two attached hydrogens (primary N) is 1. The van der Waals surface area contributed by atoms with E-state index in [2.05, 4.69) is 4.98 Å². The highest BCUT2D eigenvalue weighted by molar-refractivity contribution is 6.31. The number of benzene rings is 2. The molecular weight excluding hydrogens is 300 g/mol. The lowest BCUT2D eigenvalue weighted by Gasteiger charge is -2.15. The van der Waals surface area contributed by atoms with Crippen LogP contribution in [-0.2, 0) is 6.42 Å². The van der Waals surface area contributed by atoms with Crippen molar-refractivity contribution in [2.24, 2.45) is 5.73 Å². The molecule has 5 heteroatoms. The van der Waals surface area contributed by atoms with E-state index < -0.39 is 12.1 Å². The van der Waals surface area contributed by atoms with E-state index in [4.69, 9.17) is 21.8 Å². The summed E-state index contributed by atoms with van der Waals surface area (Å²) >= 11 is 5.92. The maximum Gasteiger partial charge on any atom is 0.225 e. The minimum absolute atomic E-state index is 0.234. The van der Waals surface area contributed by atoms with Gasteiger partial charge >= 0.3 is 0 Å². The van der Waals surface area contributed by atoms with Crippen LogP contribution in [0.15, 0.2) is 52.9 Å². The van der Waals surface area contributed by atoms with Crippen LogP contribution in [0.25, 0.3) is 11.1 Å².